The Bertz CT molecular complexity index is 431. The first-order chi connectivity index (χ1) is 8.36. The highest BCUT2D eigenvalue weighted by atomic mass is 19.4. The lowest BCUT2D eigenvalue weighted by atomic mass is 9.88. The Hall–Kier alpha value is -1.41. The van der Waals surface area contributed by atoms with Crippen LogP contribution in [0.25, 0.3) is 0 Å². The predicted molar refractivity (Wildman–Crippen MR) is 46.3 cm³/mol. The van der Waals surface area contributed by atoms with Crippen molar-refractivity contribution in [2.45, 2.75) is 23.9 Å². The van der Waals surface area contributed by atoms with E-state index in [1.54, 1.807) is 0 Å². The Morgan fingerprint density at radius 1 is 0.579 bits per heavy atom. The van der Waals surface area contributed by atoms with E-state index in [4.69, 9.17) is 0 Å². The van der Waals surface area contributed by atoms with Crippen molar-refractivity contribution in [3.8, 4) is 0 Å². The summed E-state index contributed by atoms with van der Waals surface area (Å²) in [5.74, 6) is -6.61. The van der Waals surface area contributed by atoms with Gasteiger partial charge in [-0.2, -0.15) is 35.1 Å². The van der Waals surface area contributed by atoms with Gasteiger partial charge in [-0.05, 0) is 0 Å². The van der Waals surface area contributed by atoms with Crippen molar-refractivity contribution in [1.82, 2.24) is 0 Å². The van der Waals surface area contributed by atoms with Crippen LogP contribution < -0.4 is 0 Å². The Labute approximate surface area is 100 Å². The van der Waals surface area contributed by atoms with Crippen LogP contribution in [0.3, 0.4) is 0 Å². The maximum absolute atomic E-state index is 13.7. The summed E-state index contributed by atoms with van der Waals surface area (Å²) in [5, 5.41) is 0. The minimum atomic E-state index is -6.69. The highest BCUT2D eigenvalue weighted by Gasteiger charge is 2.81. The standard InChI is InChI=1S/C10H5F9/c11-7(9(14,15)16,6-4-2-1-3-5-6)8(12,13)10(17,18)19/h1-5H. The van der Waals surface area contributed by atoms with E-state index >= 15 is 0 Å². The molecule has 0 aliphatic carbocycles. The molecule has 0 N–H and O–H groups in total. The first-order valence-corrected chi connectivity index (χ1v) is 4.61. The molecule has 0 saturated carbocycles. The number of hydrogen-bond acceptors (Lipinski definition) is 0. The summed E-state index contributed by atoms with van der Waals surface area (Å²) >= 11 is 0. The molecule has 108 valence electrons. The average Bonchev–Trinajstić information content (AvgIpc) is 2.25. The van der Waals surface area contributed by atoms with Crippen LogP contribution in [0.2, 0.25) is 0 Å². The summed E-state index contributed by atoms with van der Waals surface area (Å²) in [6, 6.07) is 2.93. The first kappa shape index (κ1) is 15.6. The molecule has 0 amide bonds. The monoisotopic (exact) mass is 296 g/mol. The van der Waals surface area contributed by atoms with E-state index in [2.05, 4.69) is 0 Å². The van der Waals surface area contributed by atoms with E-state index in [1.807, 2.05) is 0 Å². The van der Waals surface area contributed by atoms with E-state index in [0.717, 1.165) is 18.2 Å². The second kappa shape index (κ2) is 4.31. The van der Waals surface area contributed by atoms with Gasteiger partial charge in [-0.15, -0.1) is 0 Å². The number of alkyl halides is 9. The number of halogens is 9. The molecule has 1 rings (SSSR count). The lowest BCUT2D eigenvalue weighted by Crippen LogP contribution is -2.59. The third-order valence-electron chi connectivity index (χ3n) is 2.35. The van der Waals surface area contributed by atoms with Crippen molar-refractivity contribution in [3.05, 3.63) is 35.9 Å². The summed E-state index contributed by atoms with van der Waals surface area (Å²) < 4.78 is 113. The zero-order valence-corrected chi connectivity index (χ0v) is 8.79. The van der Waals surface area contributed by atoms with Crippen LogP contribution in [0.15, 0.2) is 30.3 Å². The first-order valence-electron chi connectivity index (χ1n) is 4.61. The highest BCUT2D eigenvalue weighted by molar-refractivity contribution is 5.28. The van der Waals surface area contributed by atoms with Crippen LogP contribution in [-0.2, 0) is 5.67 Å². The van der Waals surface area contributed by atoms with Crippen molar-refractivity contribution in [2.24, 2.45) is 0 Å². The van der Waals surface area contributed by atoms with Gasteiger partial charge in [0.25, 0.3) is 0 Å². The zero-order valence-electron chi connectivity index (χ0n) is 8.79. The van der Waals surface area contributed by atoms with Crippen molar-refractivity contribution < 1.29 is 39.5 Å². The van der Waals surface area contributed by atoms with Crippen LogP contribution in [0.1, 0.15) is 5.56 Å². The second-order valence-electron chi connectivity index (χ2n) is 3.59. The molecule has 0 spiro atoms. The summed E-state index contributed by atoms with van der Waals surface area (Å²) in [4.78, 5) is 0. The maximum Gasteiger partial charge on any atom is 0.457 e. The third kappa shape index (κ3) is 2.25. The molecule has 1 aromatic carbocycles. The van der Waals surface area contributed by atoms with E-state index in [-0.39, 0.29) is 12.1 Å². The minimum Gasteiger partial charge on any atom is -0.221 e. The summed E-state index contributed by atoms with van der Waals surface area (Å²) in [6.07, 6.45) is -13.1. The van der Waals surface area contributed by atoms with E-state index in [0.29, 0.717) is 0 Å². The van der Waals surface area contributed by atoms with Gasteiger partial charge in [0.05, 0.1) is 0 Å². The Morgan fingerprint density at radius 3 is 1.32 bits per heavy atom. The number of rotatable bonds is 2. The third-order valence-corrected chi connectivity index (χ3v) is 2.35. The smallest absolute Gasteiger partial charge is 0.221 e. The van der Waals surface area contributed by atoms with Crippen molar-refractivity contribution >= 4 is 0 Å². The zero-order chi connectivity index (χ0) is 15.1. The molecule has 9 heteroatoms. The lowest BCUT2D eigenvalue weighted by molar-refractivity contribution is -0.389. The second-order valence-corrected chi connectivity index (χ2v) is 3.59. The fraction of sp³-hybridized carbons (Fsp3) is 0.400. The Morgan fingerprint density at radius 2 is 1.00 bits per heavy atom. The quantitative estimate of drug-likeness (QED) is 0.699. The Balaban J connectivity index is 3.57. The van der Waals surface area contributed by atoms with E-state index in [9.17, 15) is 39.5 Å². The normalized spacial score (nSPS) is 17.1. The summed E-state index contributed by atoms with van der Waals surface area (Å²) in [7, 11) is 0. The van der Waals surface area contributed by atoms with Crippen LogP contribution in [0.4, 0.5) is 39.5 Å². The largest absolute Gasteiger partial charge is 0.457 e. The van der Waals surface area contributed by atoms with Gasteiger partial charge in [-0.1, -0.05) is 30.3 Å². The highest BCUT2D eigenvalue weighted by Crippen LogP contribution is 2.57. The lowest BCUT2D eigenvalue weighted by Gasteiger charge is -2.36. The molecule has 0 aromatic heterocycles. The maximum atomic E-state index is 13.7. The molecule has 1 aromatic rings. The van der Waals surface area contributed by atoms with Crippen molar-refractivity contribution in [2.75, 3.05) is 0 Å². The molecular weight excluding hydrogens is 291 g/mol. The van der Waals surface area contributed by atoms with Gasteiger partial charge in [0.1, 0.15) is 0 Å². The number of hydrogen-bond donors (Lipinski definition) is 0. The summed E-state index contributed by atoms with van der Waals surface area (Å²) in [6.45, 7) is 0. The predicted octanol–water partition coefficient (Wildman–Crippen LogP) is 4.61. The molecule has 1 unspecified atom stereocenters. The Kier molecular flexibility index (Phi) is 3.55. The molecule has 19 heavy (non-hydrogen) atoms. The van der Waals surface area contributed by atoms with Gasteiger partial charge in [0.2, 0.25) is 0 Å². The molecule has 0 saturated heterocycles. The van der Waals surface area contributed by atoms with Gasteiger partial charge < -0.3 is 0 Å². The minimum absolute atomic E-state index is 0.215. The molecule has 1 atom stereocenters. The SMILES string of the molecule is FC(F)(F)C(F)(F)C(F)(c1ccccc1)C(F)(F)F. The van der Waals surface area contributed by atoms with Crippen LogP contribution >= 0.6 is 0 Å². The fourth-order valence-corrected chi connectivity index (χ4v) is 1.39. The topological polar surface area (TPSA) is 0 Å². The van der Waals surface area contributed by atoms with E-state index < -0.39 is 29.5 Å². The van der Waals surface area contributed by atoms with Gasteiger partial charge in [0.15, 0.2) is 0 Å². The van der Waals surface area contributed by atoms with Crippen LogP contribution in [-0.4, -0.2) is 18.3 Å². The average molecular weight is 296 g/mol. The van der Waals surface area contributed by atoms with Gasteiger partial charge in [-0.3, -0.25) is 0 Å². The van der Waals surface area contributed by atoms with Crippen LogP contribution in [0.5, 0.6) is 0 Å². The van der Waals surface area contributed by atoms with Crippen LogP contribution in [0, 0.1) is 0 Å². The van der Waals surface area contributed by atoms with E-state index in [1.165, 1.54) is 0 Å². The molecule has 0 radical (unpaired) electrons. The van der Waals surface area contributed by atoms with Gasteiger partial charge in [-0.25, -0.2) is 4.39 Å². The van der Waals surface area contributed by atoms with Crippen molar-refractivity contribution in [1.29, 1.82) is 0 Å². The summed E-state index contributed by atoms with van der Waals surface area (Å²) in [5.41, 5.74) is -7.66. The fourth-order valence-electron chi connectivity index (χ4n) is 1.39. The molecule has 0 nitrogen and oxygen atoms in total. The molecule has 0 aliphatic heterocycles. The van der Waals surface area contributed by atoms with Gasteiger partial charge >= 0.3 is 23.9 Å². The molecular formula is C10H5F9. The number of benzene rings is 1. The molecule has 0 fully saturated rings. The molecule has 0 heterocycles. The van der Waals surface area contributed by atoms with Crippen molar-refractivity contribution in [3.63, 3.8) is 0 Å². The van der Waals surface area contributed by atoms with Gasteiger partial charge in [0, 0.05) is 5.56 Å². The molecule has 0 bridgehead atoms. The molecule has 0 aliphatic rings.